The molecule has 0 radical (unpaired) electrons. The SMILES string of the molecule is COC(=O)C(O)c1c(C)nn(C)c1-c1ccc2c(c1)CCCO2. The number of fused-ring (bicyclic) bond motifs is 1. The number of methoxy groups -OCH3 is 1. The first-order chi connectivity index (χ1) is 11.0. The van der Waals surface area contributed by atoms with Crippen LogP contribution in [0, 0.1) is 6.92 Å². The number of hydrogen-bond acceptors (Lipinski definition) is 5. The number of carbonyl (C=O) groups excluding carboxylic acids is 1. The van der Waals surface area contributed by atoms with Crippen molar-refractivity contribution in [3.05, 3.63) is 35.0 Å². The summed E-state index contributed by atoms with van der Waals surface area (Å²) in [6.07, 6.45) is 0.587. The number of aliphatic hydroxyl groups is 1. The number of aryl methyl sites for hydroxylation is 3. The minimum Gasteiger partial charge on any atom is -0.493 e. The quantitative estimate of drug-likeness (QED) is 0.876. The monoisotopic (exact) mass is 316 g/mol. The molecule has 1 N–H and O–H groups in total. The molecule has 0 saturated carbocycles. The maximum absolute atomic E-state index is 11.8. The molecule has 3 rings (SSSR count). The third-order valence-electron chi connectivity index (χ3n) is 4.15. The normalized spacial score (nSPS) is 14.8. The number of nitrogens with zero attached hydrogens (tertiary/aromatic N) is 2. The molecule has 2 heterocycles. The van der Waals surface area contributed by atoms with Crippen LogP contribution in [0.15, 0.2) is 18.2 Å². The molecule has 0 aliphatic carbocycles. The van der Waals surface area contributed by atoms with Gasteiger partial charge in [0, 0.05) is 18.2 Å². The standard InChI is InChI=1S/C17H20N2O4/c1-10-14(16(20)17(21)22-3)15(19(2)18-10)12-6-7-13-11(9-12)5-4-8-23-13/h6-7,9,16,20H,4-5,8H2,1-3H3. The average Bonchev–Trinajstić information content (AvgIpc) is 2.87. The van der Waals surface area contributed by atoms with Gasteiger partial charge < -0.3 is 14.6 Å². The molecule has 0 saturated heterocycles. The van der Waals surface area contributed by atoms with Gasteiger partial charge in [0.1, 0.15) is 5.75 Å². The average molecular weight is 316 g/mol. The van der Waals surface area contributed by atoms with Crippen LogP contribution in [-0.2, 0) is 23.0 Å². The molecular weight excluding hydrogens is 296 g/mol. The van der Waals surface area contributed by atoms with Crippen LogP contribution in [0.3, 0.4) is 0 Å². The fraction of sp³-hybridized carbons (Fsp3) is 0.412. The van der Waals surface area contributed by atoms with E-state index in [0.29, 0.717) is 17.0 Å². The first-order valence-corrected chi connectivity index (χ1v) is 7.58. The fourth-order valence-corrected chi connectivity index (χ4v) is 3.08. The summed E-state index contributed by atoms with van der Waals surface area (Å²) in [5.41, 5.74) is 3.83. The lowest BCUT2D eigenvalue weighted by atomic mass is 9.97. The van der Waals surface area contributed by atoms with Crippen LogP contribution >= 0.6 is 0 Å². The van der Waals surface area contributed by atoms with Gasteiger partial charge in [-0.2, -0.15) is 5.10 Å². The van der Waals surface area contributed by atoms with Gasteiger partial charge in [0.15, 0.2) is 6.10 Å². The molecular formula is C17H20N2O4. The van der Waals surface area contributed by atoms with Gasteiger partial charge in [-0.15, -0.1) is 0 Å². The summed E-state index contributed by atoms with van der Waals surface area (Å²) < 4.78 is 12.0. The molecule has 0 fully saturated rings. The Morgan fingerprint density at radius 2 is 2.26 bits per heavy atom. The van der Waals surface area contributed by atoms with Crippen LogP contribution in [0.5, 0.6) is 5.75 Å². The highest BCUT2D eigenvalue weighted by Crippen LogP contribution is 2.35. The predicted molar refractivity (Wildman–Crippen MR) is 84.2 cm³/mol. The van der Waals surface area contributed by atoms with Crippen molar-refractivity contribution in [3.63, 3.8) is 0 Å². The second kappa shape index (κ2) is 6.04. The molecule has 6 nitrogen and oxygen atoms in total. The Hall–Kier alpha value is -2.34. The number of benzene rings is 1. The zero-order valence-electron chi connectivity index (χ0n) is 13.5. The molecule has 122 valence electrons. The highest BCUT2D eigenvalue weighted by atomic mass is 16.5. The number of rotatable bonds is 3. The number of ether oxygens (including phenoxy) is 2. The first-order valence-electron chi connectivity index (χ1n) is 7.58. The Morgan fingerprint density at radius 1 is 1.48 bits per heavy atom. The van der Waals surface area contributed by atoms with Crippen molar-refractivity contribution < 1.29 is 19.4 Å². The molecule has 0 spiro atoms. The van der Waals surface area contributed by atoms with Gasteiger partial charge in [-0.05, 0) is 43.5 Å². The second-order valence-corrected chi connectivity index (χ2v) is 5.67. The van der Waals surface area contributed by atoms with Gasteiger partial charge in [-0.3, -0.25) is 4.68 Å². The Morgan fingerprint density at radius 3 is 3.00 bits per heavy atom. The van der Waals surface area contributed by atoms with E-state index < -0.39 is 12.1 Å². The smallest absolute Gasteiger partial charge is 0.339 e. The molecule has 1 aromatic carbocycles. The zero-order chi connectivity index (χ0) is 16.6. The maximum Gasteiger partial charge on any atom is 0.339 e. The van der Waals surface area contributed by atoms with E-state index in [4.69, 9.17) is 4.74 Å². The Labute approximate surface area is 134 Å². The van der Waals surface area contributed by atoms with Crippen molar-refractivity contribution in [2.45, 2.75) is 25.9 Å². The number of esters is 1. The summed E-state index contributed by atoms with van der Waals surface area (Å²) in [7, 11) is 3.05. The Kier molecular flexibility index (Phi) is 4.09. The lowest BCUT2D eigenvalue weighted by molar-refractivity contribution is -0.150. The number of carbonyl (C=O) groups is 1. The highest BCUT2D eigenvalue weighted by molar-refractivity contribution is 5.80. The Balaban J connectivity index is 2.11. The molecule has 23 heavy (non-hydrogen) atoms. The summed E-state index contributed by atoms with van der Waals surface area (Å²) in [5.74, 6) is 0.206. The lowest BCUT2D eigenvalue weighted by Crippen LogP contribution is -2.15. The van der Waals surface area contributed by atoms with E-state index in [9.17, 15) is 9.90 Å². The van der Waals surface area contributed by atoms with E-state index in [1.54, 1.807) is 18.7 Å². The van der Waals surface area contributed by atoms with Crippen molar-refractivity contribution in [3.8, 4) is 17.0 Å². The molecule has 1 aliphatic rings. The molecule has 0 bridgehead atoms. The van der Waals surface area contributed by atoms with Crippen LogP contribution in [0.4, 0.5) is 0 Å². The van der Waals surface area contributed by atoms with Crippen LogP contribution < -0.4 is 4.74 Å². The lowest BCUT2D eigenvalue weighted by Gasteiger charge is -2.18. The highest BCUT2D eigenvalue weighted by Gasteiger charge is 2.28. The van der Waals surface area contributed by atoms with Crippen molar-refractivity contribution in [1.82, 2.24) is 9.78 Å². The summed E-state index contributed by atoms with van der Waals surface area (Å²) in [6, 6.07) is 5.90. The van der Waals surface area contributed by atoms with Gasteiger partial charge in [0.05, 0.1) is 25.1 Å². The minimum absolute atomic E-state index is 0.482. The van der Waals surface area contributed by atoms with Crippen LogP contribution in [-0.4, -0.2) is 34.6 Å². The van der Waals surface area contributed by atoms with E-state index in [0.717, 1.165) is 36.3 Å². The summed E-state index contributed by atoms with van der Waals surface area (Å²) in [4.78, 5) is 11.8. The van der Waals surface area contributed by atoms with Crippen molar-refractivity contribution in [2.75, 3.05) is 13.7 Å². The van der Waals surface area contributed by atoms with Crippen LogP contribution in [0.1, 0.15) is 29.3 Å². The van der Waals surface area contributed by atoms with Gasteiger partial charge >= 0.3 is 5.97 Å². The first kappa shape index (κ1) is 15.6. The van der Waals surface area contributed by atoms with Gasteiger partial charge in [0.25, 0.3) is 0 Å². The molecule has 1 unspecified atom stereocenters. The predicted octanol–water partition coefficient (Wildman–Crippen LogP) is 1.93. The second-order valence-electron chi connectivity index (χ2n) is 5.67. The van der Waals surface area contributed by atoms with Crippen LogP contribution in [0.2, 0.25) is 0 Å². The van der Waals surface area contributed by atoms with Gasteiger partial charge in [0.2, 0.25) is 0 Å². The number of aromatic nitrogens is 2. The van der Waals surface area contributed by atoms with Gasteiger partial charge in [-0.1, -0.05) is 0 Å². The Bertz CT molecular complexity index is 751. The van der Waals surface area contributed by atoms with Gasteiger partial charge in [-0.25, -0.2) is 4.79 Å². The number of hydrogen-bond donors (Lipinski definition) is 1. The molecule has 2 aromatic rings. The van der Waals surface area contributed by atoms with E-state index in [-0.39, 0.29) is 0 Å². The maximum atomic E-state index is 11.8. The third-order valence-corrected chi connectivity index (χ3v) is 4.15. The topological polar surface area (TPSA) is 73.6 Å². The molecule has 1 aliphatic heterocycles. The zero-order valence-corrected chi connectivity index (χ0v) is 13.5. The number of aliphatic hydroxyl groups excluding tert-OH is 1. The van der Waals surface area contributed by atoms with Crippen molar-refractivity contribution >= 4 is 5.97 Å². The third kappa shape index (κ3) is 2.70. The van der Waals surface area contributed by atoms with Crippen molar-refractivity contribution in [1.29, 1.82) is 0 Å². The summed E-state index contributed by atoms with van der Waals surface area (Å²) in [5, 5.41) is 14.7. The van der Waals surface area contributed by atoms with E-state index in [1.165, 1.54) is 7.11 Å². The molecule has 1 atom stereocenters. The van der Waals surface area contributed by atoms with Crippen molar-refractivity contribution in [2.24, 2.45) is 7.05 Å². The minimum atomic E-state index is -1.35. The molecule has 0 amide bonds. The largest absolute Gasteiger partial charge is 0.493 e. The summed E-state index contributed by atoms with van der Waals surface area (Å²) in [6.45, 7) is 2.51. The van der Waals surface area contributed by atoms with E-state index in [2.05, 4.69) is 9.84 Å². The summed E-state index contributed by atoms with van der Waals surface area (Å²) >= 11 is 0. The van der Waals surface area contributed by atoms with E-state index >= 15 is 0 Å². The molecule has 6 heteroatoms. The fourth-order valence-electron chi connectivity index (χ4n) is 3.08. The van der Waals surface area contributed by atoms with Crippen LogP contribution in [0.25, 0.3) is 11.3 Å². The van der Waals surface area contributed by atoms with E-state index in [1.807, 2.05) is 18.2 Å². The molecule has 1 aromatic heterocycles.